The number of rotatable bonds is 3. The van der Waals surface area contributed by atoms with Crippen LogP contribution in [0.4, 0.5) is 13.2 Å². The van der Waals surface area contributed by atoms with Crippen LogP contribution in [0, 0.1) is 11.3 Å². The Morgan fingerprint density at radius 1 is 1.15 bits per heavy atom. The fourth-order valence-corrected chi connectivity index (χ4v) is 3.19. The monoisotopic (exact) mass is 395 g/mol. The molecule has 26 heavy (non-hydrogen) atoms. The lowest BCUT2D eigenvalue weighted by molar-refractivity contribution is -0.209. The summed E-state index contributed by atoms with van der Waals surface area (Å²) in [6.45, 7) is 0. The lowest BCUT2D eigenvalue weighted by Crippen LogP contribution is -2.18. The van der Waals surface area contributed by atoms with E-state index in [0.29, 0.717) is 27.4 Å². The van der Waals surface area contributed by atoms with Gasteiger partial charge in [-0.05, 0) is 41.8 Å². The molecule has 0 aliphatic heterocycles. The summed E-state index contributed by atoms with van der Waals surface area (Å²) in [6.07, 6.45) is -2.02. The highest BCUT2D eigenvalue weighted by atomic mass is 35.5. The van der Waals surface area contributed by atoms with Crippen molar-refractivity contribution in [2.24, 2.45) is 0 Å². The van der Waals surface area contributed by atoms with Gasteiger partial charge in [0.2, 0.25) is 0 Å². The van der Waals surface area contributed by atoms with Crippen molar-refractivity contribution < 1.29 is 13.2 Å². The van der Waals surface area contributed by atoms with Gasteiger partial charge >= 0.3 is 6.30 Å². The van der Waals surface area contributed by atoms with Crippen molar-refractivity contribution in [3.8, 4) is 6.07 Å². The van der Waals surface area contributed by atoms with Crippen LogP contribution in [-0.2, 0) is 12.7 Å². The fraction of sp³-hybridized carbons (Fsp3) is 0.111. The number of nitrogens with zero attached hydrogens (tertiary/aromatic N) is 3. The number of hydrogen-bond donors (Lipinski definition) is 0. The normalized spacial score (nSPS) is 12.0. The Bertz CT molecular complexity index is 1050. The molecule has 0 atom stereocenters. The van der Waals surface area contributed by atoms with Gasteiger partial charge in [-0.2, -0.15) is 15.0 Å². The maximum Gasteiger partial charge on any atom is 0.505 e. The molecule has 8 heteroatoms. The summed E-state index contributed by atoms with van der Waals surface area (Å²) in [6, 6.07) is 11.3. The van der Waals surface area contributed by atoms with Crippen LogP contribution in [-0.4, -0.2) is 9.78 Å². The van der Waals surface area contributed by atoms with Crippen molar-refractivity contribution in [1.29, 1.82) is 5.26 Å². The molecule has 3 nitrogen and oxygen atoms in total. The second kappa shape index (κ2) is 7.02. The largest absolute Gasteiger partial charge is 0.505 e. The Morgan fingerprint density at radius 2 is 1.92 bits per heavy atom. The van der Waals surface area contributed by atoms with Gasteiger partial charge in [-0.1, -0.05) is 41.4 Å². The molecule has 1 heterocycles. The SMILES string of the molecule is N#C/C=C/c1nn(C(F)(F)F)c2cccc(Cc3ccc(Cl)cc3Cl)c12. The van der Waals surface area contributed by atoms with Gasteiger partial charge in [0, 0.05) is 21.5 Å². The van der Waals surface area contributed by atoms with E-state index in [-0.39, 0.29) is 15.9 Å². The standard InChI is InChI=1S/C18H10Cl2F3N3/c19-13-7-6-11(14(20)10-13)9-12-3-1-5-16-17(12)15(4-2-8-24)25-26(16)18(21,22)23/h1-7,10H,9H2/b4-2+. The van der Waals surface area contributed by atoms with Crippen molar-refractivity contribution in [3.63, 3.8) is 0 Å². The van der Waals surface area contributed by atoms with Crippen molar-refractivity contribution in [2.75, 3.05) is 0 Å². The first-order valence-corrected chi connectivity index (χ1v) is 8.15. The number of nitriles is 1. The van der Waals surface area contributed by atoms with Gasteiger partial charge in [-0.25, -0.2) is 0 Å². The minimum atomic E-state index is -4.67. The Kier molecular flexibility index (Phi) is 4.94. The minimum Gasteiger partial charge on any atom is -0.193 e. The predicted molar refractivity (Wildman–Crippen MR) is 94.9 cm³/mol. The molecule has 3 aromatic rings. The highest BCUT2D eigenvalue weighted by molar-refractivity contribution is 6.35. The Morgan fingerprint density at radius 3 is 2.58 bits per heavy atom. The number of fused-ring (bicyclic) bond motifs is 1. The van der Waals surface area contributed by atoms with Gasteiger partial charge < -0.3 is 0 Å². The van der Waals surface area contributed by atoms with Gasteiger partial charge in [0.15, 0.2) is 0 Å². The molecule has 0 amide bonds. The molecule has 132 valence electrons. The number of benzene rings is 2. The van der Waals surface area contributed by atoms with E-state index >= 15 is 0 Å². The van der Waals surface area contributed by atoms with Gasteiger partial charge in [-0.3, -0.25) is 0 Å². The minimum absolute atomic E-state index is 0.00630. The van der Waals surface area contributed by atoms with E-state index in [1.165, 1.54) is 18.2 Å². The molecule has 0 spiro atoms. The lowest BCUT2D eigenvalue weighted by atomic mass is 10.00. The van der Waals surface area contributed by atoms with E-state index < -0.39 is 6.30 Å². The summed E-state index contributed by atoms with van der Waals surface area (Å²) in [7, 11) is 0. The van der Waals surface area contributed by atoms with Gasteiger partial charge in [0.05, 0.1) is 17.3 Å². The smallest absolute Gasteiger partial charge is 0.193 e. The molecular weight excluding hydrogens is 386 g/mol. The van der Waals surface area contributed by atoms with Crippen molar-refractivity contribution >= 4 is 40.2 Å². The van der Waals surface area contributed by atoms with Gasteiger partial charge in [-0.15, -0.1) is 13.2 Å². The third-order valence-electron chi connectivity index (χ3n) is 3.77. The first-order chi connectivity index (χ1) is 12.3. The van der Waals surface area contributed by atoms with Crippen molar-refractivity contribution in [1.82, 2.24) is 9.78 Å². The molecular formula is C18H10Cl2F3N3. The van der Waals surface area contributed by atoms with Crippen LogP contribution < -0.4 is 0 Å². The van der Waals surface area contributed by atoms with Crippen LogP contribution in [0.15, 0.2) is 42.5 Å². The maximum absolute atomic E-state index is 13.3. The molecule has 0 saturated heterocycles. The summed E-state index contributed by atoms with van der Waals surface area (Å²) >= 11 is 12.1. The number of hydrogen-bond acceptors (Lipinski definition) is 2. The molecule has 0 N–H and O–H groups in total. The third-order valence-corrected chi connectivity index (χ3v) is 4.36. The molecule has 3 rings (SSSR count). The van der Waals surface area contributed by atoms with E-state index in [1.54, 1.807) is 30.3 Å². The second-order valence-electron chi connectivity index (χ2n) is 5.45. The molecule has 0 aliphatic rings. The zero-order valence-corrected chi connectivity index (χ0v) is 14.6. The van der Waals surface area contributed by atoms with Crippen LogP contribution in [0.25, 0.3) is 17.0 Å². The van der Waals surface area contributed by atoms with E-state index in [2.05, 4.69) is 5.10 Å². The maximum atomic E-state index is 13.3. The van der Waals surface area contributed by atoms with Crippen LogP contribution >= 0.6 is 23.2 Å². The zero-order chi connectivity index (χ0) is 18.9. The average molecular weight is 396 g/mol. The van der Waals surface area contributed by atoms with Crippen molar-refractivity contribution in [3.05, 3.63) is 69.3 Å². The zero-order valence-electron chi connectivity index (χ0n) is 13.1. The predicted octanol–water partition coefficient (Wildman–Crippen LogP) is 5.95. The van der Waals surface area contributed by atoms with Gasteiger partial charge in [0.25, 0.3) is 0 Å². The van der Waals surface area contributed by atoms with Crippen LogP contribution in [0.5, 0.6) is 0 Å². The van der Waals surface area contributed by atoms with Crippen LogP contribution in [0.3, 0.4) is 0 Å². The van der Waals surface area contributed by atoms with E-state index in [0.717, 1.165) is 11.6 Å². The topological polar surface area (TPSA) is 41.6 Å². The second-order valence-corrected chi connectivity index (χ2v) is 6.29. The summed E-state index contributed by atoms with van der Waals surface area (Å²) in [5, 5.41) is 13.6. The molecule has 0 saturated carbocycles. The molecule has 0 radical (unpaired) electrons. The molecule has 0 unspecified atom stereocenters. The van der Waals surface area contributed by atoms with E-state index in [4.69, 9.17) is 28.5 Å². The molecule has 0 fully saturated rings. The summed E-state index contributed by atoms with van der Waals surface area (Å²) in [5.41, 5.74) is 1.32. The molecule has 0 bridgehead atoms. The summed E-state index contributed by atoms with van der Waals surface area (Å²) in [4.78, 5) is 0. The summed E-state index contributed by atoms with van der Waals surface area (Å²) < 4.78 is 39.9. The number of halogens is 5. The molecule has 2 aromatic carbocycles. The average Bonchev–Trinajstić information content (AvgIpc) is 2.95. The molecule has 0 aliphatic carbocycles. The Labute approximate surface area is 156 Å². The number of aromatic nitrogens is 2. The van der Waals surface area contributed by atoms with E-state index in [1.807, 2.05) is 0 Å². The first-order valence-electron chi connectivity index (χ1n) is 7.39. The highest BCUT2D eigenvalue weighted by Gasteiger charge is 2.34. The van der Waals surface area contributed by atoms with Crippen molar-refractivity contribution in [2.45, 2.75) is 12.7 Å². The lowest BCUT2D eigenvalue weighted by Gasteiger charge is -2.09. The van der Waals surface area contributed by atoms with E-state index in [9.17, 15) is 13.2 Å². The highest BCUT2D eigenvalue weighted by Crippen LogP contribution is 2.33. The molecule has 1 aromatic heterocycles. The first kappa shape index (κ1) is 18.3. The Hall–Kier alpha value is -2.49. The quantitative estimate of drug-likeness (QED) is 0.514. The summed E-state index contributed by atoms with van der Waals surface area (Å²) in [5.74, 6) is 0. The van der Waals surface area contributed by atoms with Gasteiger partial charge in [0.1, 0.15) is 0 Å². The van der Waals surface area contributed by atoms with Crippen LogP contribution in [0.1, 0.15) is 16.8 Å². The van der Waals surface area contributed by atoms with Crippen LogP contribution in [0.2, 0.25) is 10.0 Å². The fourth-order valence-electron chi connectivity index (χ4n) is 2.71. The number of alkyl halides is 3. The number of allylic oxidation sites excluding steroid dienone is 1. The Balaban J connectivity index is 2.21. The third kappa shape index (κ3) is 3.55.